The van der Waals surface area contributed by atoms with Crippen LogP contribution in [0, 0.1) is 6.92 Å². The third kappa shape index (κ3) is 5.55. The van der Waals surface area contributed by atoms with Crippen molar-refractivity contribution in [3.63, 3.8) is 0 Å². The van der Waals surface area contributed by atoms with E-state index in [0.29, 0.717) is 0 Å². The number of allylic oxidation sites excluding steroid dienone is 2. The van der Waals surface area contributed by atoms with Gasteiger partial charge in [-0.3, -0.25) is 0 Å². The van der Waals surface area contributed by atoms with Gasteiger partial charge in [0.15, 0.2) is 0 Å². The molecule has 1 aliphatic rings. The summed E-state index contributed by atoms with van der Waals surface area (Å²) in [6.07, 6.45) is 10.9. The van der Waals surface area contributed by atoms with Crippen LogP contribution in [-0.4, -0.2) is 43.5 Å². The van der Waals surface area contributed by atoms with Crippen LogP contribution in [0.5, 0.6) is 0 Å². The maximum Gasteiger partial charge on any atom is 0.0909 e. The van der Waals surface area contributed by atoms with Crippen molar-refractivity contribution in [2.75, 3.05) is 27.2 Å². The summed E-state index contributed by atoms with van der Waals surface area (Å²) in [6, 6.07) is 6.62. The topological polar surface area (TPSA) is 28.1 Å². The van der Waals surface area contributed by atoms with Gasteiger partial charge in [0.05, 0.1) is 25.2 Å². The molecule has 0 radical (unpaired) electrons. The minimum absolute atomic E-state index is 0.177. The van der Waals surface area contributed by atoms with Crippen molar-refractivity contribution in [1.29, 1.82) is 0 Å². The number of hydrogen-bond acceptors (Lipinski definition) is 3. The van der Waals surface area contributed by atoms with Crippen LogP contribution >= 0.6 is 0 Å². The van der Waals surface area contributed by atoms with Crippen LogP contribution in [0.15, 0.2) is 47.0 Å². The number of hydroxylamine groups is 2. The Morgan fingerprint density at radius 1 is 1.32 bits per heavy atom. The van der Waals surface area contributed by atoms with Gasteiger partial charge in [-0.25, -0.2) is 4.99 Å². The highest BCUT2D eigenvalue weighted by Gasteiger charge is 2.17. The number of hydrogen-bond donors (Lipinski definition) is 0. The first-order chi connectivity index (χ1) is 12.0. The second-order valence-electron chi connectivity index (χ2n) is 6.56. The highest BCUT2D eigenvalue weighted by atomic mass is 16.7. The van der Waals surface area contributed by atoms with Crippen molar-refractivity contribution < 1.29 is 4.84 Å². The molecule has 1 aromatic carbocycles. The Morgan fingerprint density at radius 3 is 2.72 bits per heavy atom. The van der Waals surface area contributed by atoms with E-state index in [1.165, 1.54) is 16.7 Å². The normalized spacial score (nSPS) is 15.7. The third-order valence-corrected chi connectivity index (χ3v) is 4.67. The standard InChI is InChI=1S/C21H31N3O/c1-6-23(4)16-22-21-13-12-20(14-17(21)2)18(3)24(25-5)15-19-10-8-7-9-11-19/h8,10-14,16,18H,6-7,9,15H2,1-5H3. The molecule has 136 valence electrons. The third-order valence-electron chi connectivity index (χ3n) is 4.67. The molecule has 25 heavy (non-hydrogen) atoms. The van der Waals surface area contributed by atoms with Gasteiger partial charge in [-0.05, 0) is 56.4 Å². The van der Waals surface area contributed by atoms with Crippen LogP contribution in [-0.2, 0) is 4.84 Å². The molecule has 2 rings (SSSR count). The van der Waals surface area contributed by atoms with Crippen molar-refractivity contribution in [3.05, 3.63) is 53.1 Å². The maximum atomic E-state index is 5.66. The maximum absolute atomic E-state index is 5.66. The Morgan fingerprint density at radius 2 is 2.12 bits per heavy atom. The first-order valence-electron chi connectivity index (χ1n) is 9.06. The molecule has 1 aliphatic carbocycles. The van der Waals surface area contributed by atoms with Gasteiger partial charge in [0, 0.05) is 20.1 Å². The summed E-state index contributed by atoms with van der Waals surface area (Å²) in [6.45, 7) is 8.15. The minimum Gasteiger partial charge on any atom is -0.366 e. The van der Waals surface area contributed by atoms with E-state index in [-0.39, 0.29) is 6.04 Å². The molecule has 0 spiro atoms. The molecule has 0 bridgehead atoms. The van der Waals surface area contributed by atoms with E-state index in [1.807, 2.05) is 18.4 Å². The van der Waals surface area contributed by atoms with E-state index in [9.17, 15) is 0 Å². The average Bonchev–Trinajstić information content (AvgIpc) is 2.65. The quantitative estimate of drug-likeness (QED) is 0.386. The predicted molar refractivity (Wildman–Crippen MR) is 106 cm³/mol. The molecule has 0 aromatic heterocycles. The van der Waals surface area contributed by atoms with Gasteiger partial charge in [-0.2, -0.15) is 5.06 Å². The van der Waals surface area contributed by atoms with Crippen LogP contribution in [0.3, 0.4) is 0 Å². The number of nitrogens with zero attached hydrogens (tertiary/aromatic N) is 3. The summed E-state index contributed by atoms with van der Waals surface area (Å²) in [5.74, 6) is 0. The van der Waals surface area contributed by atoms with Gasteiger partial charge in [0.2, 0.25) is 0 Å². The van der Waals surface area contributed by atoms with Crippen molar-refractivity contribution in [2.24, 2.45) is 4.99 Å². The molecule has 0 amide bonds. The lowest BCUT2D eigenvalue weighted by molar-refractivity contribution is -0.152. The first kappa shape index (κ1) is 19.4. The monoisotopic (exact) mass is 341 g/mol. The van der Waals surface area contributed by atoms with E-state index in [2.05, 4.69) is 67.1 Å². The van der Waals surface area contributed by atoms with Gasteiger partial charge in [0.1, 0.15) is 0 Å². The molecule has 0 aliphatic heterocycles. The van der Waals surface area contributed by atoms with Crippen LogP contribution in [0.25, 0.3) is 0 Å². The van der Waals surface area contributed by atoms with Crippen molar-refractivity contribution in [2.45, 2.75) is 39.7 Å². The fourth-order valence-corrected chi connectivity index (χ4v) is 2.82. The zero-order valence-corrected chi connectivity index (χ0v) is 16.2. The lowest BCUT2D eigenvalue weighted by Crippen LogP contribution is -2.28. The summed E-state index contributed by atoms with van der Waals surface area (Å²) >= 11 is 0. The molecule has 4 nitrogen and oxygen atoms in total. The van der Waals surface area contributed by atoms with Gasteiger partial charge in [0.25, 0.3) is 0 Å². The van der Waals surface area contributed by atoms with Crippen molar-refractivity contribution in [1.82, 2.24) is 9.96 Å². The average molecular weight is 341 g/mol. The van der Waals surface area contributed by atoms with Crippen molar-refractivity contribution in [3.8, 4) is 0 Å². The highest BCUT2D eigenvalue weighted by Crippen LogP contribution is 2.27. The molecule has 1 atom stereocenters. The zero-order chi connectivity index (χ0) is 18.2. The molecule has 0 fully saturated rings. The lowest BCUT2D eigenvalue weighted by atomic mass is 10.0. The largest absolute Gasteiger partial charge is 0.366 e. The van der Waals surface area contributed by atoms with Gasteiger partial charge in [-0.15, -0.1) is 0 Å². The van der Waals surface area contributed by atoms with Gasteiger partial charge in [-0.1, -0.05) is 30.4 Å². The van der Waals surface area contributed by atoms with Crippen LogP contribution in [0.4, 0.5) is 5.69 Å². The second kappa shape index (κ2) is 9.54. The summed E-state index contributed by atoms with van der Waals surface area (Å²) < 4.78 is 0. The van der Waals surface area contributed by atoms with Gasteiger partial charge < -0.3 is 9.74 Å². The van der Waals surface area contributed by atoms with E-state index in [0.717, 1.165) is 31.6 Å². The number of benzene rings is 1. The molecule has 1 aromatic rings. The molecule has 0 heterocycles. The molecule has 4 heteroatoms. The summed E-state index contributed by atoms with van der Waals surface area (Å²) in [5, 5.41) is 2.03. The van der Waals surface area contributed by atoms with E-state index in [1.54, 1.807) is 7.11 Å². The van der Waals surface area contributed by atoms with Crippen molar-refractivity contribution >= 4 is 12.0 Å². The van der Waals surface area contributed by atoms with Gasteiger partial charge >= 0.3 is 0 Å². The fourth-order valence-electron chi connectivity index (χ4n) is 2.82. The Hall–Kier alpha value is -1.91. The number of rotatable bonds is 8. The predicted octanol–water partition coefficient (Wildman–Crippen LogP) is 4.81. The smallest absolute Gasteiger partial charge is 0.0909 e. The number of aliphatic imine (C=N–C) groups is 1. The zero-order valence-electron chi connectivity index (χ0n) is 16.2. The Balaban J connectivity index is 2.10. The highest BCUT2D eigenvalue weighted by molar-refractivity contribution is 5.63. The molecule has 0 saturated heterocycles. The first-order valence-corrected chi connectivity index (χ1v) is 9.06. The Bertz CT molecular complexity index is 649. The molecule has 0 saturated carbocycles. The van der Waals surface area contributed by atoms with E-state index < -0.39 is 0 Å². The van der Waals surface area contributed by atoms with Crippen LogP contribution in [0.1, 0.15) is 43.9 Å². The SMILES string of the molecule is CCN(C)C=Nc1ccc(C(C)N(CC2=CCCC=C2)OC)cc1C. The fraction of sp³-hybridized carbons (Fsp3) is 0.476. The van der Waals surface area contributed by atoms with E-state index >= 15 is 0 Å². The van der Waals surface area contributed by atoms with Crippen LogP contribution in [0.2, 0.25) is 0 Å². The van der Waals surface area contributed by atoms with E-state index in [4.69, 9.17) is 4.84 Å². The summed E-state index contributed by atoms with van der Waals surface area (Å²) in [4.78, 5) is 12.3. The number of aryl methyl sites for hydroxylation is 1. The lowest BCUT2D eigenvalue weighted by Gasteiger charge is -2.28. The second-order valence-corrected chi connectivity index (χ2v) is 6.56. The summed E-state index contributed by atoms with van der Waals surface area (Å²) in [7, 11) is 3.77. The molecule has 1 unspecified atom stereocenters. The molecular formula is C21H31N3O. The Kier molecular flexibility index (Phi) is 7.41. The molecule has 0 N–H and O–H groups in total. The summed E-state index contributed by atoms with van der Waals surface area (Å²) in [5.41, 5.74) is 4.75. The minimum atomic E-state index is 0.177. The Labute approximate surface area is 152 Å². The van der Waals surface area contributed by atoms with Crippen LogP contribution < -0.4 is 0 Å². The molecular weight excluding hydrogens is 310 g/mol.